The molecule has 0 aliphatic rings. The van der Waals surface area contributed by atoms with E-state index in [2.05, 4.69) is 9.84 Å². The molecule has 0 bridgehead atoms. The van der Waals surface area contributed by atoms with E-state index in [4.69, 9.17) is 4.74 Å². The molecule has 0 saturated carbocycles. The number of ether oxygens (including phenoxy) is 2. The van der Waals surface area contributed by atoms with Gasteiger partial charge in [-0.1, -0.05) is 0 Å². The minimum Gasteiger partial charge on any atom is -0.479 e. The molecule has 1 rings (SSSR count). The number of halogens is 1. The summed E-state index contributed by atoms with van der Waals surface area (Å²) in [6, 6.07) is 0. The molecule has 14 heavy (non-hydrogen) atoms. The first-order valence-corrected chi connectivity index (χ1v) is 4.05. The number of carbonyl (C=O) groups is 1. The lowest BCUT2D eigenvalue weighted by Gasteiger charge is -1.97. The van der Waals surface area contributed by atoms with Gasteiger partial charge in [-0.25, -0.2) is 9.48 Å². The minimum atomic E-state index is -0.798. The van der Waals surface area contributed by atoms with Gasteiger partial charge < -0.3 is 9.47 Å². The highest BCUT2D eigenvalue weighted by Gasteiger charge is 2.23. The molecule has 0 aliphatic heterocycles. The third kappa shape index (κ3) is 1.68. The number of esters is 1. The molecule has 6 heteroatoms. The van der Waals surface area contributed by atoms with Gasteiger partial charge in [0.25, 0.3) is 0 Å². The normalized spacial score (nSPS) is 10.0. The summed E-state index contributed by atoms with van der Waals surface area (Å²) in [6.45, 7) is 1.81. The number of hydrogen-bond acceptors (Lipinski definition) is 4. The Morgan fingerprint density at radius 2 is 2.29 bits per heavy atom. The summed E-state index contributed by atoms with van der Waals surface area (Å²) in [5.41, 5.74) is -0.355. The maximum absolute atomic E-state index is 13.4. The van der Waals surface area contributed by atoms with Gasteiger partial charge in [0.15, 0.2) is 0 Å². The van der Waals surface area contributed by atoms with E-state index in [-0.39, 0.29) is 18.2 Å². The Morgan fingerprint density at radius 1 is 1.64 bits per heavy atom. The number of rotatable bonds is 3. The number of nitrogens with zero attached hydrogens (tertiary/aromatic N) is 2. The van der Waals surface area contributed by atoms with Gasteiger partial charge in [0.1, 0.15) is 0 Å². The molecule has 0 unspecified atom stereocenters. The van der Waals surface area contributed by atoms with Crippen LogP contribution in [0.15, 0.2) is 0 Å². The number of carbonyl (C=O) groups excluding carboxylic acids is 1. The van der Waals surface area contributed by atoms with Crippen molar-refractivity contribution in [3.05, 3.63) is 11.5 Å². The van der Waals surface area contributed by atoms with Gasteiger partial charge in [-0.05, 0) is 6.92 Å². The Bertz CT molecular complexity index is 349. The third-order valence-electron chi connectivity index (χ3n) is 1.60. The first kappa shape index (κ1) is 10.5. The van der Waals surface area contributed by atoms with E-state index in [9.17, 15) is 9.18 Å². The van der Waals surface area contributed by atoms with Crippen LogP contribution in [-0.2, 0) is 11.8 Å². The second kappa shape index (κ2) is 4.08. The van der Waals surface area contributed by atoms with Crippen molar-refractivity contribution >= 4 is 5.97 Å². The highest BCUT2D eigenvalue weighted by molar-refractivity contribution is 5.87. The zero-order valence-corrected chi connectivity index (χ0v) is 8.20. The fourth-order valence-corrected chi connectivity index (χ4v) is 1.03. The van der Waals surface area contributed by atoms with E-state index in [1.54, 1.807) is 6.92 Å². The monoisotopic (exact) mass is 202 g/mol. The topological polar surface area (TPSA) is 53.3 Å². The van der Waals surface area contributed by atoms with Crippen molar-refractivity contribution in [2.75, 3.05) is 13.7 Å². The molecule has 1 aromatic heterocycles. The third-order valence-corrected chi connectivity index (χ3v) is 1.60. The van der Waals surface area contributed by atoms with Crippen LogP contribution in [0.2, 0.25) is 0 Å². The van der Waals surface area contributed by atoms with Gasteiger partial charge in [0.05, 0.1) is 13.7 Å². The van der Waals surface area contributed by atoms with Crippen LogP contribution < -0.4 is 4.74 Å². The number of aromatic nitrogens is 2. The Labute approximate surface area is 80.4 Å². The molecule has 0 N–H and O–H groups in total. The van der Waals surface area contributed by atoms with Gasteiger partial charge >= 0.3 is 5.97 Å². The van der Waals surface area contributed by atoms with Crippen LogP contribution in [0.25, 0.3) is 0 Å². The van der Waals surface area contributed by atoms with Crippen molar-refractivity contribution in [2.45, 2.75) is 6.92 Å². The molecule has 0 atom stereocenters. The lowest BCUT2D eigenvalue weighted by atomic mass is 10.4. The zero-order valence-electron chi connectivity index (χ0n) is 8.20. The molecule has 0 saturated heterocycles. The van der Waals surface area contributed by atoms with Crippen molar-refractivity contribution in [1.29, 1.82) is 0 Å². The van der Waals surface area contributed by atoms with Gasteiger partial charge in [-0.2, -0.15) is 9.49 Å². The standard InChI is InChI=1S/C8H11FN2O3/c1-4-14-8(12)6-5(9)7(13-3)11(2)10-6/h4H2,1-3H3. The van der Waals surface area contributed by atoms with Crippen LogP contribution in [0.1, 0.15) is 17.4 Å². The average Bonchev–Trinajstić information content (AvgIpc) is 2.42. The summed E-state index contributed by atoms with van der Waals surface area (Å²) in [6.07, 6.45) is 0. The SMILES string of the molecule is CCOC(=O)c1nn(C)c(OC)c1F. The summed E-state index contributed by atoms with van der Waals surface area (Å²) in [5.74, 6) is -1.68. The highest BCUT2D eigenvalue weighted by Crippen LogP contribution is 2.19. The van der Waals surface area contributed by atoms with E-state index in [1.165, 1.54) is 14.2 Å². The van der Waals surface area contributed by atoms with E-state index in [1.807, 2.05) is 0 Å². The Morgan fingerprint density at radius 3 is 2.71 bits per heavy atom. The van der Waals surface area contributed by atoms with Crippen molar-refractivity contribution in [3.63, 3.8) is 0 Å². The predicted molar refractivity (Wildman–Crippen MR) is 45.7 cm³/mol. The van der Waals surface area contributed by atoms with Crippen LogP contribution in [0, 0.1) is 5.82 Å². The molecule has 1 aromatic rings. The Hall–Kier alpha value is -1.59. The Balaban J connectivity index is 3.04. The van der Waals surface area contributed by atoms with E-state index < -0.39 is 11.8 Å². The second-order valence-electron chi connectivity index (χ2n) is 2.52. The van der Waals surface area contributed by atoms with Gasteiger partial charge in [0.2, 0.25) is 17.4 Å². The fraction of sp³-hybridized carbons (Fsp3) is 0.500. The molecule has 0 amide bonds. The molecular weight excluding hydrogens is 191 g/mol. The van der Waals surface area contributed by atoms with Gasteiger partial charge in [-0.3, -0.25) is 0 Å². The maximum atomic E-state index is 13.4. The van der Waals surface area contributed by atoms with E-state index >= 15 is 0 Å². The summed E-state index contributed by atoms with van der Waals surface area (Å²) in [4.78, 5) is 11.2. The molecule has 0 fully saturated rings. The molecule has 0 radical (unpaired) electrons. The molecule has 78 valence electrons. The summed E-state index contributed by atoms with van der Waals surface area (Å²) >= 11 is 0. The van der Waals surface area contributed by atoms with Crippen molar-refractivity contribution in [2.24, 2.45) is 7.05 Å². The minimum absolute atomic E-state index is 0.0898. The van der Waals surface area contributed by atoms with Crippen LogP contribution in [0.4, 0.5) is 4.39 Å². The highest BCUT2D eigenvalue weighted by atomic mass is 19.1. The van der Waals surface area contributed by atoms with Crippen LogP contribution in [0.3, 0.4) is 0 Å². The summed E-state index contributed by atoms with van der Waals surface area (Å²) in [7, 11) is 2.78. The lowest BCUT2D eigenvalue weighted by Crippen LogP contribution is -2.07. The maximum Gasteiger partial charge on any atom is 0.362 e. The van der Waals surface area contributed by atoms with Crippen LogP contribution in [0.5, 0.6) is 5.88 Å². The van der Waals surface area contributed by atoms with Gasteiger partial charge in [-0.15, -0.1) is 0 Å². The predicted octanol–water partition coefficient (Wildman–Crippen LogP) is 0.745. The largest absolute Gasteiger partial charge is 0.479 e. The summed E-state index contributed by atoms with van der Waals surface area (Å²) in [5, 5.41) is 3.64. The Kier molecular flexibility index (Phi) is 3.06. The van der Waals surface area contributed by atoms with Gasteiger partial charge in [0, 0.05) is 7.05 Å². The summed E-state index contributed by atoms with van der Waals surface area (Å²) < 4.78 is 23.8. The van der Waals surface area contributed by atoms with E-state index in [0.717, 1.165) is 4.68 Å². The number of aryl methyl sites for hydroxylation is 1. The molecule has 0 aliphatic carbocycles. The molecule has 5 nitrogen and oxygen atoms in total. The second-order valence-corrected chi connectivity index (χ2v) is 2.52. The van der Waals surface area contributed by atoms with E-state index in [0.29, 0.717) is 0 Å². The smallest absolute Gasteiger partial charge is 0.362 e. The van der Waals surface area contributed by atoms with Crippen LogP contribution >= 0.6 is 0 Å². The molecule has 0 spiro atoms. The fourth-order valence-electron chi connectivity index (χ4n) is 1.03. The molecule has 0 aromatic carbocycles. The quantitative estimate of drug-likeness (QED) is 0.678. The first-order valence-electron chi connectivity index (χ1n) is 4.05. The average molecular weight is 202 g/mol. The van der Waals surface area contributed by atoms with Crippen molar-refractivity contribution in [3.8, 4) is 5.88 Å². The van der Waals surface area contributed by atoms with Crippen molar-refractivity contribution < 1.29 is 18.7 Å². The van der Waals surface area contributed by atoms with Crippen LogP contribution in [-0.4, -0.2) is 29.5 Å². The van der Waals surface area contributed by atoms with Crippen molar-refractivity contribution in [1.82, 2.24) is 9.78 Å². The molecular formula is C8H11FN2O3. The lowest BCUT2D eigenvalue weighted by molar-refractivity contribution is 0.0513. The number of hydrogen-bond donors (Lipinski definition) is 0. The first-order chi connectivity index (χ1) is 6.61. The zero-order chi connectivity index (χ0) is 10.7. The number of methoxy groups -OCH3 is 1. The molecule has 1 heterocycles.